The first-order valence-electron chi connectivity index (χ1n) is 10.6. The normalized spacial score (nSPS) is 11.8. The topological polar surface area (TPSA) is 26.3 Å². The monoisotopic (exact) mass is 378 g/mol. The van der Waals surface area contributed by atoms with Crippen LogP contribution in [0.5, 0.6) is 5.75 Å². The quantitative estimate of drug-likeness (QED) is 0.238. The third-order valence-corrected chi connectivity index (χ3v) is 5.13. The Morgan fingerprint density at radius 3 is 2.07 bits per heavy atom. The van der Waals surface area contributed by atoms with E-state index in [2.05, 4.69) is 56.8 Å². The van der Waals surface area contributed by atoms with Gasteiger partial charge >= 0.3 is 5.97 Å². The van der Waals surface area contributed by atoms with Crippen molar-refractivity contribution in [2.75, 3.05) is 0 Å². The Balaban J connectivity index is 1.88. The van der Waals surface area contributed by atoms with Crippen LogP contribution < -0.4 is 4.74 Å². The number of ether oxygens (including phenoxy) is 1. The summed E-state index contributed by atoms with van der Waals surface area (Å²) in [6.07, 6.45) is 8.22. The summed E-state index contributed by atoms with van der Waals surface area (Å²) in [4.78, 5) is 11.6. The fourth-order valence-corrected chi connectivity index (χ4v) is 3.54. The number of benzene rings is 2. The molecule has 1 atom stereocenters. The second-order valence-corrected chi connectivity index (χ2v) is 7.68. The summed E-state index contributed by atoms with van der Waals surface area (Å²) >= 11 is 0. The van der Waals surface area contributed by atoms with E-state index in [1.807, 2.05) is 12.1 Å². The van der Waals surface area contributed by atoms with E-state index in [0.29, 0.717) is 17.2 Å². The molecular weight excluding hydrogens is 344 g/mol. The number of esters is 1. The minimum atomic E-state index is -0.375. The molecule has 28 heavy (non-hydrogen) atoms. The van der Waals surface area contributed by atoms with Gasteiger partial charge in [0.1, 0.15) is 5.75 Å². The molecule has 0 aliphatic rings. The molecule has 0 bridgehead atoms. The summed E-state index contributed by atoms with van der Waals surface area (Å²) in [5, 5.41) is 0. The molecule has 2 aromatic rings. The fourth-order valence-electron chi connectivity index (χ4n) is 3.54. The first kappa shape index (κ1) is 21.9. The van der Waals surface area contributed by atoms with E-state index in [4.69, 9.17) is 4.74 Å². The number of carbonyl (C=O) groups excluding carboxylic acids is 1. The zero-order valence-corrected chi connectivity index (χ0v) is 17.7. The van der Waals surface area contributed by atoms with Crippen molar-refractivity contribution in [2.45, 2.75) is 71.6 Å². The van der Waals surface area contributed by atoms with Gasteiger partial charge in [0.05, 0.1) is 0 Å². The van der Waals surface area contributed by atoms with Crippen molar-refractivity contribution >= 4 is 5.97 Å². The number of aryl methyl sites for hydroxylation is 2. The average molecular weight is 379 g/mol. The van der Waals surface area contributed by atoms with Crippen LogP contribution in [-0.4, -0.2) is 5.97 Å². The molecule has 2 aromatic carbocycles. The highest BCUT2D eigenvalue weighted by Crippen LogP contribution is 2.28. The zero-order chi connectivity index (χ0) is 20.4. The van der Waals surface area contributed by atoms with E-state index in [0.717, 1.165) is 19.3 Å². The molecule has 1 unspecified atom stereocenters. The van der Waals surface area contributed by atoms with Crippen molar-refractivity contribution in [3.05, 3.63) is 77.4 Å². The summed E-state index contributed by atoms with van der Waals surface area (Å²) in [6.45, 7) is 9.75. The van der Waals surface area contributed by atoms with Crippen molar-refractivity contribution < 1.29 is 9.53 Å². The highest BCUT2D eigenvalue weighted by atomic mass is 16.5. The molecule has 0 heterocycles. The Bertz CT molecular complexity index is 741. The molecule has 0 spiro atoms. The predicted octanol–water partition coefficient (Wildman–Crippen LogP) is 7.03. The maximum Gasteiger partial charge on any atom is 0.338 e. The van der Waals surface area contributed by atoms with Crippen molar-refractivity contribution in [2.24, 2.45) is 0 Å². The summed E-state index contributed by atoms with van der Waals surface area (Å²) in [5.41, 5.74) is 4.61. The lowest BCUT2D eigenvalue weighted by Gasteiger charge is -2.17. The summed E-state index contributed by atoms with van der Waals surface area (Å²) in [6, 6.07) is 17.1. The standard InChI is InChI=1S/C26H34O2/c1-5-8-21-12-16-24(17-13-21)23(9-6-2)11-7-10-22-14-18-25(19-15-22)28-26(27)20(3)4/h12-19,23H,3,5-11H2,1-2,4H3. The first-order valence-corrected chi connectivity index (χ1v) is 10.6. The van der Waals surface area contributed by atoms with Gasteiger partial charge in [-0.25, -0.2) is 4.79 Å². The molecule has 0 saturated heterocycles. The van der Waals surface area contributed by atoms with Crippen molar-refractivity contribution in [1.29, 1.82) is 0 Å². The molecule has 2 rings (SSSR count). The summed E-state index contributed by atoms with van der Waals surface area (Å²) in [5.74, 6) is 0.837. The van der Waals surface area contributed by atoms with Gasteiger partial charge in [-0.05, 0) is 73.8 Å². The van der Waals surface area contributed by atoms with E-state index in [1.165, 1.54) is 42.4 Å². The number of hydrogen-bond acceptors (Lipinski definition) is 2. The number of carbonyl (C=O) groups is 1. The third kappa shape index (κ3) is 6.99. The zero-order valence-electron chi connectivity index (χ0n) is 17.7. The van der Waals surface area contributed by atoms with Crippen molar-refractivity contribution in [3.63, 3.8) is 0 Å². The van der Waals surface area contributed by atoms with Gasteiger partial charge in [0, 0.05) is 5.57 Å². The van der Waals surface area contributed by atoms with Crippen molar-refractivity contribution in [3.8, 4) is 5.75 Å². The lowest BCUT2D eigenvalue weighted by molar-refractivity contribution is -0.130. The van der Waals surface area contributed by atoms with Crippen LogP contribution in [0.15, 0.2) is 60.7 Å². The molecule has 0 aromatic heterocycles. The van der Waals surface area contributed by atoms with Gasteiger partial charge in [0.2, 0.25) is 0 Å². The van der Waals surface area contributed by atoms with Gasteiger partial charge in [-0.2, -0.15) is 0 Å². The second-order valence-electron chi connectivity index (χ2n) is 7.68. The van der Waals surface area contributed by atoms with Crippen LogP contribution in [-0.2, 0) is 17.6 Å². The van der Waals surface area contributed by atoms with E-state index < -0.39 is 0 Å². The Morgan fingerprint density at radius 1 is 0.893 bits per heavy atom. The molecule has 0 saturated carbocycles. The van der Waals surface area contributed by atoms with Crippen LogP contribution in [0.1, 0.15) is 75.5 Å². The smallest absolute Gasteiger partial charge is 0.338 e. The Hall–Kier alpha value is -2.35. The van der Waals surface area contributed by atoms with Gasteiger partial charge in [0.15, 0.2) is 0 Å². The molecule has 2 nitrogen and oxygen atoms in total. The fraction of sp³-hybridized carbons (Fsp3) is 0.423. The third-order valence-electron chi connectivity index (χ3n) is 5.13. The lowest BCUT2D eigenvalue weighted by atomic mass is 9.88. The molecular formula is C26H34O2. The first-order chi connectivity index (χ1) is 13.5. The minimum absolute atomic E-state index is 0.375. The second kappa shape index (κ2) is 11.5. The Morgan fingerprint density at radius 2 is 1.50 bits per heavy atom. The highest BCUT2D eigenvalue weighted by molar-refractivity contribution is 5.88. The lowest BCUT2D eigenvalue weighted by Crippen LogP contribution is -2.08. The SMILES string of the molecule is C=C(C)C(=O)Oc1ccc(CCCC(CCC)c2ccc(CCC)cc2)cc1. The van der Waals surface area contributed by atoms with Crippen LogP contribution in [0.3, 0.4) is 0 Å². The molecule has 150 valence electrons. The molecule has 2 heteroatoms. The molecule has 0 radical (unpaired) electrons. The van der Waals surface area contributed by atoms with E-state index >= 15 is 0 Å². The Labute approximate surface area is 170 Å². The largest absolute Gasteiger partial charge is 0.423 e. The van der Waals surface area contributed by atoms with Gasteiger partial charge in [-0.15, -0.1) is 0 Å². The van der Waals surface area contributed by atoms with Crippen LogP contribution in [0, 0.1) is 0 Å². The highest BCUT2D eigenvalue weighted by Gasteiger charge is 2.11. The molecule has 0 N–H and O–H groups in total. The molecule has 0 fully saturated rings. The molecule has 0 aliphatic heterocycles. The average Bonchev–Trinajstić information content (AvgIpc) is 2.69. The maximum absolute atomic E-state index is 11.6. The van der Waals surface area contributed by atoms with Gasteiger partial charge in [-0.3, -0.25) is 0 Å². The maximum atomic E-state index is 11.6. The summed E-state index contributed by atoms with van der Waals surface area (Å²) < 4.78 is 5.25. The van der Waals surface area contributed by atoms with Gasteiger partial charge in [-0.1, -0.05) is 69.7 Å². The molecule has 0 aliphatic carbocycles. The van der Waals surface area contributed by atoms with E-state index in [-0.39, 0.29) is 5.97 Å². The van der Waals surface area contributed by atoms with Gasteiger partial charge in [0.25, 0.3) is 0 Å². The minimum Gasteiger partial charge on any atom is -0.423 e. The van der Waals surface area contributed by atoms with E-state index in [9.17, 15) is 4.79 Å². The van der Waals surface area contributed by atoms with Crippen LogP contribution in [0.2, 0.25) is 0 Å². The number of rotatable bonds is 11. The van der Waals surface area contributed by atoms with Crippen molar-refractivity contribution in [1.82, 2.24) is 0 Å². The van der Waals surface area contributed by atoms with Gasteiger partial charge < -0.3 is 4.74 Å². The Kier molecular flexibility index (Phi) is 9.00. The van der Waals surface area contributed by atoms with Crippen LogP contribution in [0.25, 0.3) is 0 Å². The molecule has 0 amide bonds. The summed E-state index contributed by atoms with van der Waals surface area (Å²) in [7, 11) is 0. The van der Waals surface area contributed by atoms with Crippen LogP contribution in [0.4, 0.5) is 0 Å². The van der Waals surface area contributed by atoms with E-state index in [1.54, 1.807) is 6.92 Å². The number of hydrogen-bond donors (Lipinski definition) is 0. The van der Waals surface area contributed by atoms with Crippen LogP contribution >= 0.6 is 0 Å². The predicted molar refractivity (Wildman–Crippen MR) is 118 cm³/mol.